The molecule has 5 nitrogen and oxygen atoms in total. The van der Waals surface area contributed by atoms with Gasteiger partial charge in [0.25, 0.3) is 0 Å². The summed E-state index contributed by atoms with van der Waals surface area (Å²) in [6.45, 7) is 8.24. The molecule has 5 heteroatoms. The van der Waals surface area contributed by atoms with Gasteiger partial charge in [0.2, 0.25) is 0 Å². The van der Waals surface area contributed by atoms with E-state index in [9.17, 15) is 4.79 Å². The molecule has 1 rings (SSSR count). The van der Waals surface area contributed by atoms with Gasteiger partial charge in [0.05, 0.1) is 26.4 Å². The highest BCUT2D eigenvalue weighted by atomic mass is 16.6. The van der Waals surface area contributed by atoms with Crippen molar-refractivity contribution in [1.29, 1.82) is 0 Å². The normalized spacial score (nSPS) is 17.9. The van der Waals surface area contributed by atoms with Crippen LogP contribution >= 0.6 is 0 Å². The Kier molecular flexibility index (Phi) is 5.73. The Morgan fingerprint density at radius 2 is 2.25 bits per heavy atom. The fraction of sp³-hybridized carbons (Fsp3) is 0.909. The lowest BCUT2D eigenvalue weighted by Gasteiger charge is -2.38. The number of carbonyl (C=O) groups excluding carboxylic acids is 1. The van der Waals surface area contributed by atoms with Crippen LogP contribution in [-0.2, 0) is 19.0 Å². The summed E-state index contributed by atoms with van der Waals surface area (Å²) in [6.07, 6.45) is 0. The van der Waals surface area contributed by atoms with Crippen LogP contribution in [0, 0.1) is 5.41 Å². The van der Waals surface area contributed by atoms with Crippen LogP contribution in [0.15, 0.2) is 0 Å². The Labute approximate surface area is 96.4 Å². The molecular weight excluding hydrogens is 210 g/mol. The molecule has 16 heavy (non-hydrogen) atoms. The molecule has 0 atom stereocenters. The largest absolute Gasteiger partial charge is 0.464 e. The molecule has 1 saturated heterocycles. The number of hydrogen-bond donors (Lipinski definition) is 1. The average molecular weight is 231 g/mol. The van der Waals surface area contributed by atoms with E-state index in [-0.39, 0.29) is 18.0 Å². The maximum atomic E-state index is 10.9. The number of carbonyl (C=O) groups is 1. The Balaban J connectivity index is 1.86. The van der Waals surface area contributed by atoms with E-state index in [2.05, 4.69) is 12.2 Å². The third kappa shape index (κ3) is 4.92. The Morgan fingerprint density at radius 3 is 2.81 bits per heavy atom. The second-order valence-electron chi connectivity index (χ2n) is 4.34. The highest BCUT2D eigenvalue weighted by molar-refractivity contribution is 5.70. The summed E-state index contributed by atoms with van der Waals surface area (Å²) < 4.78 is 15.0. The van der Waals surface area contributed by atoms with Gasteiger partial charge in [-0.05, 0) is 6.92 Å². The first kappa shape index (κ1) is 13.4. The zero-order valence-corrected chi connectivity index (χ0v) is 10.1. The molecule has 0 aliphatic carbocycles. The van der Waals surface area contributed by atoms with Crippen molar-refractivity contribution in [1.82, 2.24) is 5.32 Å². The summed E-state index contributed by atoms with van der Waals surface area (Å²) in [6, 6.07) is 0. The lowest BCUT2D eigenvalue weighted by atomic mass is 9.89. The summed E-state index contributed by atoms with van der Waals surface area (Å²) in [5.41, 5.74) is 0.279. The molecule has 0 aromatic carbocycles. The number of nitrogens with one attached hydrogen (secondary N) is 1. The van der Waals surface area contributed by atoms with Crippen LogP contribution in [0.1, 0.15) is 13.8 Å². The van der Waals surface area contributed by atoms with Gasteiger partial charge in [0.1, 0.15) is 6.61 Å². The van der Waals surface area contributed by atoms with E-state index in [0.717, 1.165) is 26.3 Å². The predicted octanol–water partition coefficient (Wildman–Crippen LogP) is 0.192. The lowest BCUT2D eigenvalue weighted by Crippen LogP contribution is -2.47. The highest BCUT2D eigenvalue weighted by Crippen LogP contribution is 2.24. The van der Waals surface area contributed by atoms with Gasteiger partial charge in [0.15, 0.2) is 0 Å². The minimum absolute atomic E-state index is 0.0376. The van der Waals surface area contributed by atoms with Crippen LogP contribution in [0.4, 0.5) is 0 Å². The third-order valence-corrected chi connectivity index (χ3v) is 2.40. The van der Waals surface area contributed by atoms with Gasteiger partial charge < -0.3 is 19.5 Å². The van der Waals surface area contributed by atoms with E-state index < -0.39 is 0 Å². The molecule has 1 N–H and O–H groups in total. The number of rotatable bonds is 8. The van der Waals surface area contributed by atoms with Gasteiger partial charge in [-0.3, -0.25) is 0 Å². The van der Waals surface area contributed by atoms with E-state index in [4.69, 9.17) is 14.2 Å². The molecule has 0 radical (unpaired) electrons. The molecule has 0 spiro atoms. The van der Waals surface area contributed by atoms with Gasteiger partial charge in [0, 0.05) is 18.5 Å². The molecule has 0 amide bonds. The molecule has 1 aliphatic rings. The van der Waals surface area contributed by atoms with Crippen molar-refractivity contribution < 1.29 is 19.0 Å². The van der Waals surface area contributed by atoms with Crippen molar-refractivity contribution >= 4 is 5.97 Å². The van der Waals surface area contributed by atoms with Crippen LogP contribution in [0.5, 0.6) is 0 Å². The van der Waals surface area contributed by atoms with Gasteiger partial charge in [-0.1, -0.05) is 6.92 Å². The Bertz CT molecular complexity index is 216. The third-order valence-electron chi connectivity index (χ3n) is 2.40. The first-order valence-electron chi connectivity index (χ1n) is 5.68. The van der Waals surface area contributed by atoms with Crippen LogP contribution in [-0.4, -0.2) is 52.1 Å². The lowest BCUT2D eigenvalue weighted by molar-refractivity contribution is -0.148. The first-order chi connectivity index (χ1) is 7.66. The summed E-state index contributed by atoms with van der Waals surface area (Å²) in [5.74, 6) is -0.304. The zero-order chi connectivity index (χ0) is 11.9. The van der Waals surface area contributed by atoms with Crippen molar-refractivity contribution in [2.75, 3.05) is 46.1 Å². The quantitative estimate of drug-likeness (QED) is 0.477. The fourth-order valence-corrected chi connectivity index (χ4v) is 1.45. The Morgan fingerprint density at radius 1 is 1.50 bits per heavy atom. The SMILES string of the molecule is CCOC(=O)COCCNCC1(C)COC1. The van der Waals surface area contributed by atoms with Gasteiger partial charge in [-0.2, -0.15) is 0 Å². The van der Waals surface area contributed by atoms with Crippen molar-refractivity contribution in [3.63, 3.8) is 0 Å². The molecular formula is C11H21NO4. The molecule has 1 heterocycles. The summed E-state index contributed by atoms with van der Waals surface area (Å²) >= 11 is 0. The molecule has 0 saturated carbocycles. The minimum atomic E-state index is -0.304. The Hall–Kier alpha value is -0.650. The summed E-state index contributed by atoms with van der Waals surface area (Å²) in [4.78, 5) is 10.9. The van der Waals surface area contributed by atoms with Crippen LogP contribution in [0.25, 0.3) is 0 Å². The predicted molar refractivity (Wildman–Crippen MR) is 59.2 cm³/mol. The average Bonchev–Trinajstić information content (AvgIpc) is 2.21. The van der Waals surface area contributed by atoms with Gasteiger partial charge >= 0.3 is 5.97 Å². The second kappa shape index (κ2) is 6.83. The van der Waals surface area contributed by atoms with Crippen LogP contribution in [0.3, 0.4) is 0 Å². The highest BCUT2D eigenvalue weighted by Gasteiger charge is 2.32. The monoisotopic (exact) mass is 231 g/mol. The summed E-state index contributed by atoms with van der Waals surface area (Å²) in [7, 11) is 0. The smallest absolute Gasteiger partial charge is 0.332 e. The van der Waals surface area contributed by atoms with E-state index in [0.29, 0.717) is 13.2 Å². The molecule has 94 valence electrons. The van der Waals surface area contributed by atoms with E-state index in [1.54, 1.807) is 6.92 Å². The van der Waals surface area contributed by atoms with Crippen LogP contribution in [0.2, 0.25) is 0 Å². The second-order valence-corrected chi connectivity index (χ2v) is 4.34. The summed E-state index contributed by atoms with van der Waals surface area (Å²) in [5, 5.41) is 3.28. The van der Waals surface area contributed by atoms with Gasteiger partial charge in [-0.25, -0.2) is 4.79 Å². The van der Waals surface area contributed by atoms with Crippen molar-refractivity contribution in [3.05, 3.63) is 0 Å². The fourth-order valence-electron chi connectivity index (χ4n) is 1.45. The topological polar surface area (TPSA) is 56.8 Å². The molecule has 0 aromatic heterocycles. The van der Waals surface area contributed by atoms with Crippen molar-refractivity contribution in [2.45, 2.75) is 13.8 Å². The molecule has 1 fully saturated rings. The van der Waals surface area contributed by atoms with E-state index in [1.807, 2.05) is 0 Å². The maximum Gasteiger partial charge on any atom is 0.332 e. The maximum absolute atomic E-state index is 10.9. The molecule has 1 aliphatic heterocycles. The van der Waals surface area contributed by atoms with Crippen molar-refractivity contribution in [3.8, 4) is 0 Å². The molecule has 0 aromatic rings. The minimum Gasteiger partial charge on any atom is -0.464 e. The van der Waals surface area contributed by atoms with Crippen molar-refractivity contribution in [2.24, 2.45) is 5.41 Å². The van der Waals surface area contributed by atoms with E-state index >= 15 is 0 Å². The molecule has 0 bridgehead atoms. The van der Waals surface area contributed by atoms with Gasteiger partial charge in [-0.15, -0.1) is 0 Å². The standard InChI is InChI=1S/C11H21NO4/c1-3-16-10(13)6-14-5-4-12-7-11(2)8-15-9-11/h12H,3-9H2,1-2H3. The van der Waals surface area contributed by atoms with E-state index in [1.165, 1.54) is 0 Å². The number of hydrogen-bond acceptors (Lipinski definition) is 5. The van der Waals surface area contributed by atoms with Crippen LogP contribution < -0.4 is 5.32 Å². The molecule has 0 unspecified atom stereocenters. The number of ether oxygens (including phenoxy) is 3. The zero-order valence-electron chi connectivity index (χ0n) is 10.1. The number of esters is 1. The first-order valence-corrected chi connectivity index (χ1v) is 5.68.